The van der Waals surface area contributed by atoms with Crippen molar-refractivity contribution in [1.82, 2.24) is 4.98 Å². The minimum Gasteiger partial charge on any atom is -0.477 e. The highest BCUT2D eigenvalue weighted by Gasteiger charge is 2.07. The van der Waals surface area contributed by atoms with Crippen LogP contribution in [0, 0.1) is 0 Å². The number of aromatic carboxylic acids is 1. The number of hydrogen-bond acceptors (Lipinski definition) is 3. The van der Waals surface area contributed by atoms with Gasteiger partial charge in [-0.1, -0.05) is 32.0 Å². The molecule has 0 radical (unpaired) electrons. The average Bonchev–Trinajstić information content (AvgIpc) is 2.47. The Labute approximate surface area is 118 Å². The predicted molar refractivity (Wildman–Crippen MR) is 76.4 cm³/mol. The number of aromatic nitrogens is 1. The quantitative estimate of drug-likeness (QED) is 0.890. The zero-order valence-corrected chi connectivity index (χ0v) is 11.5. The SMILES string of the molecule is CCC(C)c1ccc(Oc2cccc(C(=O)O)n2)cc1. The lowest BCUT2D eigenvalue weighted by atomic mass is 9.99. The van der Waals surface area contributed by atoms with E-state index in [1.165, 1.54) is 11.6 Å². The number of rotatable bonds is 5. The minimum absolute atomic E-state index is 0.0290. The first kappa shape index (κ1) is 14.1. The molecule has 0 fully saturated rings. The number of pyridine rings is 1. The highest BCUT2D eigenvalue weighted by molar-refractivity contribution is 5.85. The molecular formula is C16H17NO3. The molecule has 104 valence electrons. The van der Waals surface area contributed by atoms with E-state index in [0.717, 1.165) is 6.42 Å². The molecule has 20 heavy (non-hydrogen) atoms. The molecule has 1 aromatic heterocycles. The summed E-state index contributed by atoms with van der Waals surface area (Å²) < 4.78 is 5.56. The van der Waals surface area contributed by atoms with E-state index in [4.69, 9.17) is 9.84 Å². The smallest absolute Gasteiger partial charge is 0.354 e. The second-order valence-electron chi connectivity index (χ2n) is 4.65. The first-order valence-electron chi connectivity index (χ1n) is 6.58. The van der Waals surface area contributed by atoms with Crippen molar-refractivity contribution in [3.63, 3.8) is 0 Å². The van der Waals surface area contributed by atoms with Gasteiger partial charge in [-0.3, -0.25) is 0 Å². The third-order valence-corrected chi connectivity index (χ3v) is 3.23. The molecule has 1 atom stereocenters. The Morgan fingerprint density at radius 2 is 1.95 bits per heavy atom. The summed E-state index contributed by atoms with van der Waals surface area (Å²) in [5.74, 6) is 0.369. The first-order valence-corrected chi connectivity index (χ1v) is 6.58. The van der Waals surface area contributed by atoms with Gasteiger partial charge in [0.2, 0.25) is 5.88 Å². The lowest BCUT2D eigenvalue weighted by Gasteiger charge is -2.10. The maximum absolute atomic E-state index is 10.8. The number of carboxylic acid groups (broad SMARTS) is 1. The standard InChI is InChI=1S/C16H17NO3/c1-3-11(2)12-7-9-13(10-8-12)20-15-6-4-5-14(17-15)16(18)19/h4-11H,3H2,1-2H3,(H,18,19). The van der Waals surface area contributed by atoms with Crippen LogP contribution in [0.5, 0.6) is 11.6 Å². The Hall–Kier alpha value is -2.36. The van der Waals surface area contributed by atoms with Gasteiger partial charge in [-0.25, -0.2) is 9.78 Å². The highest BCUT2D eigenvalue weighted by atomic mass is 16.5. The van der Waals surface area contributed by atoms with Crippen LogP contribution >= 0.6 is 0 Å². The second kappa shape index (κ2) is 6.19. The van der Waals surface area contributed by atoms with Gasteiger partial charge in [-0.05, 0) is 36.1 Å². The molecule has 2 aromatic rings. The number of ether oxygens (including phenoxy) is 1. The van der Waals surface area contributed by atoms with Crippen molar-refractivity contribution >= 4 is 5.97 Å². The molecule has 0 aliphatic rings. The van der Waals surface area contributed by atoms with Gasteiger partial charge in [0.1, 0.15) is 5.75 Å². The summed E-state index contributed by atoms with van der Waals surface area (Å²) in [6.45, 7) is 4.32. The van der Waals surface area contributed by atoms with E-state index in [9.17, 15) is 4.79 Å². The number of carboxylic acids is 1. The molecule has 0 saturated heterocycles. The molecule has 0 aliphatic heterocycles. The second-order valence-corrected chi connectivity index (χ2v) is 4.65. The maximum atomic E-state index is 10.8. The van der Waals surface area contributed by atoms with Crippen molar-refractivity contribution in [3.05, 3.63) is 53.7 Å². The van der Waals surface area contributed by atoms with Crippen LogP contribution in [0.2, 0.25) is 0 Å². The Morgan fingerprint density at radius 3 is 2.55 bits per heavy atom. The Kier molecular flexibility index (Phi) is 4.35. The molecule has 4 nitrogen and oxygen atoms in total. The van der Waals surface area contributed by atoms with Crippen LogP contribution in [0.25, 0.3) is 0 Å². The summed E-state index contributed by atoms with van der Waals surface area (Å²) in [5.41, 5.74) is 1.23. The third-order valence-electron chi connectivity index (χ3n) is 3.23. The number of nitrogens with zero attached hydrogens (tertiary/aromatic N) is 1. The van der Waals surface area contributed by atoms with E-state index in [-0.39, 0.29) is 11.6 Å². The average molecular weight is 271 g/mol. The summed E-state index contributed by atoms with van der Waals surface area (Å²) >= 11 is 0. The zero-order valence-electron chi connectivity index (χ0n) is 11.5. The Bertz CT molecular complexity index is 593. The maximum Gasteiger partial charge on any atom is 0.354 e. The summed E-state index contributed by atoms with van der Waals surface area (Å²) in [5, 5.41) is 8.88. The van der Waals surface area contributed by atoms with Crippen LogP contribution < -0.4 is 4.74 Å². The molecule has 1 unspecified atom stereocenters. The molecule has 2 rings (SSSR count). The zero-order chi connectivity index (χ0) is 14.5. The highest BCUT2D eigenvalue weighted by Crippen LogP contribution is 2.24. The van der Waals surface area contributed by atoms with Crippen LogP contribution in [0.15, 0.2) is 42.5 Å². The molecule has 0 amide bonds. The molecule has 0 aliphatic carbocycles. The van der Waals surface area contributed by atoms with Gasteiger partial charge in [0.05, 0.1) is 0 Å². The number of hydrogen-bond donors (Lipinski definition) is 1. The van der Waals surface area contributed by atoms with Crippen LogP contribution in [0.3, 0.4) is 0 Å². The minimum atomic E-state index is -1.07. The van der Waals surface area contributed by atoms with Crippen LogP contribution in [-0.2, 0) is 0 Å². The Morgan fingerprint density at radius 1 is 1.25 bits per heavy atom. The summed E-state index contributed by atoms with van der Waals surface area (Å²) in [6, 6.07) is 12.5. The monoisotopic (exact) mass is 271 g/mol. The number of carbonyl (C=O) groups is 1. The molecule has 4 heteroatoms. The fraction of sp³-hybridized carbons (Fsp3) is 0.250. The van der Waals surface area contributed by atoms with E-state index >= 15 is 0 Å². The largest absolute Gasteiger partial charge is 0.477 e. The van der Waals surface area contributed by atoms with Crippen LogP contribution in [0.4, 0.5) is 0 Å². The van der Waals surface area contributed by atoms with Crippen molar-refractivity contribution in [2.45, 2.75) is 26.2 Å². The van der Waals surface area contributed by atoms with Gasteiger partial charge in [0, 0.05) is 6.07 Å². The van der Waals surface area contributed by atoms with Crippen molar-refractivity contribution in [2.75, 3.05) is 0 Å². The lowest BCUT2D eigenvalue weighted by Crippen LogP contribution is -2.00. The Balaban J connectivity index is 2.14. The van der Waals surface area contributed by atoms with Crippen molar-refractivity contribution in [3.8, 4) is 11.6 Å². The molecule has 1 heterocycles. The molecule has 1 aromatic carbocycles. The fourth-order valence-electron chi connectivity index (χ4n) is 1.81. The predicted octanol–water partition coefficient (Wildman–Crippen LogP) is 4.09. The first-order chi connectivity index (χ1) is 9.60. The molecular weight excluding hydrogens is 254 g/mol. The number of benzene rings is 1. The molecule has 1 N–H and O–H groups in total. The van der Waals surface area contributed by atoms with Gasteiger partial charge >= 0.3 is 5.97 Å². The van der Waals surface area contributed by atoms with Crippen LogP contribution in [0.1, 0.15) is 42.2 Å². The van der Waals surface area contributed by atoms with Crippen molar-refractivity contribution < 1.29 is 14.6 Å². The van der Waals surface area contributed by atoms with Crippen molar-refractivity contribution in [1.29, 1.82) is 0 Å². The van der Waals surface area contributed by atoms with E-state index in [2.05, 4.69) is 18.8 Å². The lowest BCUT2D eigenvalue weighted by molar-refractivity contribution is 0.0689. The van der Waals surface area contributed by atoms with E-state index < -0.39 is 5.97 Å². The molecule has 0 saturated carbocycles. The topological polar surface area (TPSA) is 59.4 Å². The van der Waals surface area contributed by atoms with Gasteiger partial charge in [0.25, 0.3) is 0 Å². The van der Waals surface area contributed by atoms with Gasteiger partial charge < -0.3 is 9.84 Å². The summed E-state index contributed by atoms with van der Waals surface area (Å²) in [7, 11) is 0. The normalized spacial score (nSPS) is 11.9. The van der Waals surface area contributed by atoms with Gasteiger partial charge in [-0.15, -0.1) is 0 Å². The van der Waals surface area contributed by atoms with E-state index in [1.54, 1.807) is 12.1 Å². The summed E-state index contributed by atoms with van der Waals surface area (Å²) in [6.07, 6.45) is 1.09. The molecule has 0 spiro atoms. The summed E-state index contributed by atoms with van der Waals surface area (Å²) in [4.78, 5) is 14.8. The van der Waals surface area contributed by atoms with E-state index in [1.807, 2.05) is 24.3 Å². The van der Waals surface area contributed by atoms with Gasteiger partial charge in [-0.2, -0.15) is 0 Å². The van der Waals surface area contributed by atoms with Gasteiger partial charge in [0.15, 0.2) is 5.69 Å². The third kappa shape index (κ3) is 3.35. The van der Waals surface area contributed by atoms with Crippen molar-refractivity contribution in [2.24, 2.45) is 0 Å². The van der Waals surface area contributed by atoms with E-state index in [0.29, 0.717) is 11.7 Å². The fourth-order valence-corrected chi connectivity index (χ4v) is 1.81. The van der Waals surface area contributed by atoms with Crippen LogP contribution in [-0.4, -0.2) is 16.1 Å². The molecule has 0 bridgehead atoms.